The lowest BCUT2D eigenvalue weighted by atomic mass is 10.4. The van der Waals surface area contributed by atoms with Crippen LogP contribution in [0.5, 0.6) is 0 Å². The summed E-state index contributed by atoms with van der Waals surface area (Å²) in [6.45, 7) is 3.95. The van der Waals surface area contributed by atoms with E-state index in [-0.39, 0.29) is 11.5 Å². The monoisotopic (exact) mass is 180 g/mol. The Bertz CT molecular complexity index is 388. The number of nitro groups is 1. The molecule has 0 aliphatic rings. The van der Waals surface area contributed by atoms with Gasteiger partial charge < -0.3 is 10.1 Å². The summed E-state index contributed by atoms with van der Waals surface area (Å²) in [5.41, 5.74) is 0.0185. The van der Waals surface area contributed by atoms with Crippen LogP contribution in [0.2, 0.25) is 0 Å². The molecule has 6 nitrogen and oxygen atoms in total. The fraction of sp³-hybridized carbons (Fsp3) is 0.429. The largest absolute Gasteiger partial charge is 0.400 e. The smallest absolute Gasteiger partial charge is 0.358 e. The maximum Gasteiger partial charge on any atom is 0.400 e. The fourth-order valence-corrected chi connectivity index (χ4v) is 1.17. The van der Waals surface area contributed by atoms with Gasteiger partial charge in [0.2, 0.25) is 11.5 Å². The highest BCUT2D eigenvalue weighted by Crippen LogP contribution is 2.17. The van der Waals surface area contributed by atoms with Crippen molar-refractivity contribution in [1.29, 1.82) is 5.26 Å². The first-order valence-corrected chi connectivity index (χ1v) is 3.73. The zero-order valence-electron chi connectivity index (χ0n) is 7.31. The summed E-state index contributed by atoms with van der Waals surface area (Å²) in [4.78, 5) is 13.5. The summed E-state index contributed by atoms with van der Waals surface area (Å²) < 4.78 is 1.51. The molecule has 6 heteroatoms. The SMILES string of the molecule is CCn1c(C)nc([N+](=O)[O-])c1C#N. The zero-order chi connectivity index (χ0) is 10.0. The summed E-state index contributed by atoms with van der Waals surface area (Å²) >= 11 is 0. The van der Waals surface area contributed by atoms with Gasteiger partial charge in [-0.05, 0) is 16.8 Å². The number of aromatic nitrogens is 2. The molecule has 0 unspecified atom stereocenters. The van der Waals surface area contributed by atoms with Crippen LogP contribution < -0.4 is 0 Å². The molecule has 13 heavy (non-hydrogen) atoms. The number of hydrogen-bond acceptors (Lipinski definition) is 4. The topological polar surface area (TPSA) is 84.8 Å². The van der Waals surface area contributed by atoms with Crippen LogP contribution in [0.1, 0.15) is 18.4 Å². The highest BCUT2D eigenvalue weighted by Gasteiger charge is 2.23. The van der Waals surface area contributed by atoms with Gasteiger partial charge in [0, 0.05) is 13.5 Å². The number of aryl methyl sites for hydroxylation is 1. The number of imidazole rings is 1. The van der Waals surface area contributed by atoms with E-state index in [0.29, 0.717) is 12.4 Å². The van der Waals surface area contributed by atoms with E-state index in [1.54, 1.807) is 19.9 Å². The summed E-state index contributed by atoms with van der Waals surface area (Å²) in [7, 11) is 0. The standard InChI is InChI=1S/C7H8N4O2/c1-3-10-5(2)9-7(11(12)13)6(10)4-8/h3H2,1-2H3. The first kappa shape index (κ1) is 9.19. The lowest BCUT2D eigenvalue weighted by Crippen LogP contribution is -2.00. The van der Waals surface area contributed by atoms with Crippen LogP contribution in [0.3, 0.4) is 0 Å². The van der Waals surface area contributed by atoms with Crippen molar-refractivity contribution < 1.29 is 4.92 Å². The summed E-state index contributed by atoms with van der Waals surface area (Å²) in [5.74, 6) is 0.132. The minimum absolute atomic E-state index is 0.0185. The normalized spacial score (nSPS) is 9.62. The van der Waals surface area contributed by atoms with Crippen molar-refractivity contribution in [2.75, 3.05) is 0 Å². The molecular formula is C7H8N4O2. The Morgan fingerprint density at radius 2 is 2.38 bits per heavy atom. The second-order valence-corrected chi connectivity index (χ2v) is 2.44. The predicted molar refractivity (Wildman–Crippen MR) is 44.0 cm³/mol. The zero-order valence-corrected chi connectivity index (χ0v) is 7.31. The molecule has 0 aliphatic heterocycles. The summed E-state index contributed by atoms with van der Waals surface area (Å²) in [6, 6.07) is 1.78. The molecule has 0 amide bonds. The van der Waals surface area contributed by atoms with Crippen molar-refractivity contribution in [2.45, 2.75) is 20.4 Å². The van der Waals surface area contributed by atoms with Crippen molar-refractivity contribution in [1.82, 2.24) is 9.55 Å². The van der Waals surface area contributed by atoms with E-state index in [0.717, 1.165) is 0 Å². The average molecular weight is 180 g/mol. The third-order valence-corrected chi connectivity index (χ3v) is 1.74. The number of hydrogen-bond donors (Lipinski definition) is 0. The molecule has 1 aromatic heterocycles. The second kappa shape index (κ2) is 3.23. The van der Waals surface area contributed by atoms with Gasteiger partial charge in [0.05, 0.1) is 0 Å². The third-order valence-electron chi connectivity index (χ3n) is 1.74. The molecule has 0 saturated carbocycles. The van der Waals surface area contributed by atoms with E-state index in [1.165, 1.54) is 4.57 Å². The van der Waals surface area contributed by atoms with Gasteiger partial charge in [0.1, 0.15) is 6.07 Å². The van der Waals surface area contributed by atoms with Crippen molar-refractivity contribution in [3.8, 4) is 6.07 Å². The highest BCUT2D eigenvalue weighted by molar-refractivity contribution is 5.39. The minimum atomic E-state index is -0.641. The molecule has 0 fully saturated rings. The lowest BCUT2D eigenvalue weighted by molar-refractivity contribution is -0.389. The Morgan fingerprint density at radius 3 is 2.77 bits per heavy atom. The first-order valence-electron chi connectivity index (χ1n) is 3.73. The van der Waals surface area contributed by atoms with Crippen LogP contribution in [0.25, 0.3) is 0 Å². The Balaban J connectivity index is 3.40. The molecule has 0 atom stereocenters. The van der Waals surface area contributed by atoms with Gasteiger partial charge in [-0.15, -0.1) is 0 Å². The Labute approximate surface area is 74.6 Å². The summed E-state index contributed by atoms with van der Waals surface area (Å²) in [5, 5.41) is 19.1. The quantitative estimate of drug-likeness (QED) is 0.501. The molecule has 1 heterocycles. The highest BCUT2D eigenvalue weighted by atomic mass is 16.6. The van der Waals surface area contributed by atoms with Gasteiger partial charge in [0.25, 0.3) is 0 Å². The summed E-state index contributed by atoms with van der Waals surface area (Å²) in [6.07, 6.45) is 0. The van der Waals surface area contributed by atoms with E-state index in [2.05, 4.69) is 4.98 Å². The molecule has 0 radical (unpaired) electrons. The number of rotatable bonds is 2. The van der Waals surface area contributed by atoms with Crippen LogP contribution in [0.15, 0.2) is 0 Å². The van der Waals surface area contributed by atoms with Gasteiger partial charge in [-0.3, -0.25) is 4.57 Å². The maximum absolute atomic E-state index is 10.4. The Morgan fingerprint density at radius 1 is 1.77 bits per heavy atom. The molecule has 0 saturated heterocycles. The molecule has 0 aromatic carbocycles. The van der Waals surface area contributed by atoms with E-state index >= 15 is 0 Å². The van der Waals surface area contributed by atoms with Crippen molar-refractivity contribution >= 4 is 5.82 Å². The van der Waals surface area contributed by atoms with Crippen LogP contribution in [0.4, 0.5) is 5.82 Å². The second-order valence-electron chi connectivity index (χ2n) is 2.44. The molecular weight excluding hydrogens is 172 g/mol. The first-order chi connectivity index (χ1) is 6.11. The van der Waals surface area contributed by atoms with Crippen LogP contribution in [-0.2, 0) is 6.54 Å². The van der Waals surface area contributed by atoms with Gasteiger partial charge in [0.15, 0.2) is 0 Å². The van der Waals surface area contributed by atoms with Crippen molar-refractivity contribution in [3.63, 3.8) is 0 Å². The van der Waals surface area contributed by atoms with Gasteiger partial charge in [-0.2, -0.15) is 5.26 Å². The van der Waals surface area contributed by atoms with Crippen LogP contribution in [0, 0.1) is 28.4 Å². The molecule has 68 valence electrons. The van der Waals surface area contributed by atoms with E-state index in [1.807, 2.05) is 0 Å². The van der Waals surface area contributed by atoms with Gasteiger partial charge in [-0.25, -0.2) is 0 Å². The molecule has 0 bridgehead atoms. The Kier molecular flexibility index (Phi) is 2.28. The fourth-order valence-electron chi connectivity index (χ4n) is 1.17. The molecule has 0 N–H and O–H groups in total. The number of nitrogens with zero attached hydrogens (tertiary/aromatic N) is 4. The van der Waals surface area contributed by atoms with Crippen molar-refractivity contribution in [3.05, 3.63) is 21.6 Å². The van der Waals surface area contributed by atoms with Gasteiger partial charge >= 0.3 is 5.82 Å². The van der Waals surface area contributed by atoms with Crippen LogP contribution in [-0.4, -0.2) is 14.5 Å². The third kappa shape index (κ3) is 1.36. The van der Waals surface area contributed by atoms with E-state index < -0.39 is 4.92 Å². The molecule has 1 aromatic rings. The molecule has 1 rings (SSSR count). The number of nitriles is 1. The Hall–Kier alpha value is -1.90. The average Bonchev–Trinajstić information content (AvgIpc) is 2.41. The van der Waals surface area contributed by atoms with Gasteiger partial charge in [-0.1, -0.05) is 0 Å². The van der Waals surface area contributed by atoms with Crippen LogP contribution >= 0.6 is 0 Å². The van der Waals surface area contributed by atoms with E-state index in [9.17, 15) is 10.1 Å². The lowest BCUT2D eigenvalue weighted by Gasteiger charge is -1.96. The molecule has 0 aliphatic carbocycles. The molecule has 0 spiro atoms. The van der Waals surface area contributed by atoms with E-state index in [4.69, 9.17) is 5.26 Å². The predicted octanol–water partition coefficient (Wildman–Crippen LogP) is 0.991. The maximum atomic E-state index is 10.4. The minimum Gasteiger partial charge on any atom is -0.358 e. The van der Waals surface area contributed by atoms with Crippen molar-refractivity contribution in [2.24, 2.45) is 0 Å².